The van der Waals surface area contributed by atoms with E-state index in [9.17, 15) is 25.5 Å². The van der Waals surface area contributed by atoms with E-state index in [0.717, 1.165) is 0 Å². The molecule has 0 aromatic carbocycles. The predicted molar refractivity (Wildman–Crippen MR) is 102 cm³/mol. The molecule has 0 heterocycles. The Hall–Kier alpha value is 1.44. The van der Waals surface area contributed by atoms with Crippen molar-refractivity contribution < 1.29 is 76.9 Å². The van der Waals surface area contributed by atoms with Gasteiger partial charge in [0, 0.05) is 0 Å². The van der Waals surface area contributed by atoms with Gasteiger partial charge in [0.25, 0.3) is 0 Å². The molecule has 0 unspecified atom stereocenters. The summed E-state index contributed by atoms with van der Waals surface area (Å²) in [6.07, 6.45) is 0. The summed E-state index contributed by atoms with van der Waals surface area (Å²) < 4.78 is 0. The second-order valence-corrected chi connectivity index (χ2v) is 10.6. The van der Waals surface area contributed by atoms with Crippen molar-refractivity contribution in [3.8, 4) is 0 Å². The molecule has 160 valence electrons. The molecule has 0 atom stereocenters. The van der Waals surface area contributed by atoms with E-state index >= 15 is 0 Å². The van der Waals surface area contributed by atoms with Crippen LogP contribution in [0.2, 0.25) is 0 Å². The molecule has 0 aliphatic carbocycles. The Balaban J connectivity index is -0.0000000364. The Kier molecular flexibility index (Phi) is 33.5. The molecule has 0 spiro atoms. The van der Waals surface area contributed by atoms with E-state index in [1.807, 2.05) is 0 Å². The minimum Gasteiger partial charge on any atom is -0.850 e. The fourth-order valence-electron chi connectivity index (χ4n) is 0. The number of hydrogen-bond acceptors (Lipinski definition) is 5. The molecule has 0 radical (unpaired) electrons. The van der Waals surface area contributed by atoms with E-state index in [0.29, 0.717) is 0 Å². The van der Waals surface area contributed by atoms with Crippen LogP contribution in [0.1, 0.15) is 104 Å². The summed E-state index contributed by atoms with van der Waals surface area (Å²) in [5, 5.41) is 50.5. The van der Waals surface area contributed by atoms with E-state index in [-0.39, 0.29) is 58.8 Å². The van der Waals surface area contributed by atoms with Crippen LogP contribution >= 0.6 is 0 Å². The third-order valence-electron chi connectivity index (χ3n) is 0. The smallest absolute Gasteiger partial charge is 0.850 e. The van der Waals surface area contributed by atoms with Crippen LogP contribution in [0, 0.1) is 7.43 Å². The van der Waals surface area contributed by atoms with Crippen LogP contribution in [0.4, 0.5) is 0 Å². The summed E-state index contributed by atoms with van der Waals surface area (Å²) >= 11 is 0. The Labute approximate surface area is 214 Å². The van der Waals surface area contributed by atoms with Crippen LogP contribution in [0.5, 0.6) is 0 Å². The monoisotopic (exact) mass is 416 g/mol. The van der Waals surface area contributed by atoms with Gasteiger partial charge in [0.2, 0.25) is 0 Å². The van der Waals surface area contributed by atoms with Crippen molar-refractivity contribution in [2.24, 2.45) is 0 Å². The van der Waals surface area contributed by atoms with Gasteiger partial charge in [-0.25, -0.2) is 0 Å². The molecule has 0 rings (SSSR count). The second kappa shape index (κ2) is 19.4. The van der Waals surface area contributed by atoms with Crippen LogP contribution in [0.25, 0.3) is 0 Å². The van der Waals surface area contributed by atoms with Crippen molar-refractivity contribution in [1.29, 1.82) is 0 Å². The Morgan fingerprint density at radius 3 is 0.296 bits per heavy atom. The Morgan fingerprint density at radius 1 is 0.296 bits per heavy atom. The predicted octanol–water partition coefficient (Wildman–Crippen LogP) is -2.19. The number of hydrogen-bond donors (Lipinski definition) is 0. The van der Waals surface area contributed by atoms with Gasteiger partial charge in [-0.2, -0.15) is 0 Å². The second-order valence-electron chi connectivity index (χ2n) is 10.6. The van der Waals surface area contributed by atoms with Crippen molar-refractivity contribution in [3.63, 3.8) is 0 Å². The zero-order valence-electron chi connectivity index (χ0n) is 21.0. The molecular weight excluding hydrogens is 371 g/mol. The first-order valence-electron chi connectivity index (χ1n) is 8.52. The Bertz CT molecular complexity index is 172. The first-order valence-corrected chi connectivity index (χ1v) is 8.52. The van der Waals surface area contributed by atoms with Crippen molar-refractivity contribution in [2.75, 3.05) is 0 Å². The average molecular weight is 417 g/mol. The van der Waals surface area contributed by atoms with Crippen molar-refractivity contribution in [1.82, 2.24) is 0 Å². The largest absolute Gasteiger partial charge is 4.00 e. The van der Waals surface area contributed by atoms with E-state index in [1.54, 1.807) is 104 Å². The third-order valence-corrected chi connectivity index (χ3v) is 0. The number of rotatable bonds is 0. The standard InChI is InChI=1S/5C4H9O.C.K/c5*1-4(2,3)5;;/h5*1-3H3;;/q5*-1;+4;+1. The van der Waals surface area contributed by atoms with Crippen LogP contribution in [-0.4, -0.2) is 28.0 Å². The van der Waals surface area contributed by atoms with E-state index in [4.69, 9.17) is 0 Å². The molecule has 0 N–H and O–H groups in total. The van der Waals surface area contributed by atoms with Gasteiger partial charge in [0.1, 0.15) is 0 Å². The maximum Gasteiger partial charge on any atom is 4.00 e. The molecular formula is C21H45KO5. The van der Waals surface area contributed by atoms with Gasteiger partial charge >= 0.3 is 58.8 Å². The van der Waals surface area contributed by atoms with Crippen molar-refractivity contribution in [3.05, 3.63) is 7.43 Å². The van der Waals surface area contributed by atoms with Crippen LogP contribution in [0.3, 0.4) is 0 Å². The van der Waals surface area contributed by atoms with Crippen molar-refractivity contribution >= 4 is 0 Å². The molecule has 5 nitrogen and oxygen atoms in total. The van der Waals surface area contributed by atoms with Crippen molar-refractivity contribution in [2.45, 2.75) is 132 Å². The first-order chi connectivity index (χ1) is 10.0. The van der Waals surface area contributed by atoms with Gasteiger partial charge in [-0.3, -0.25) is 0 Å². The van der Waals surface area contributed by atoms with E-state index in [1.165, 1.54) is 0 Å². The van der Waals surface area contributed by atoms with E-state index in [2.05, 4.69) is 0 Å². The van der Waals surface area contributed by atoms with Gasteiger partial charge in [0.15, 0.2) is 0 Å². The summed E-state index contributed by atoms with van der Waals surface area (Å²) in [6, 6.07) is 0. The molecule has 0 saturated heterocycles. The fraction of sp³-hybridized carbons (Fsp3) is 0.952. The minimum atomic E-state index is -0.750. The molecule has 0 fully saturated rings. The summed E-state index contributed by atoms with van der Waals surface area (Å²) in [5.74, 6) is 0. The molecule has 0 amide bonds. The van der Waals surface area contributed by atoms with Crippen LogP contribution < -0.4 is 76.9 Å². The SMILES string of the molecule is CC(C)(C)[O-].CC(C)(C)[O-].CC(C)(C)[O-].CC(C)(C)[O-].CC(C)(C)[O-].[C+4].[K+]. The molecule has 0 aromatic rings. The molecule has 27 heavy (non-hydrogen) atoms. The topological polar surface area (TPSA) is 115 Å². The van der Waals surface area contributed by atoms with Gasteiger partial charge in [-0.15, -0.1) is 28.0 Å². The quantitative estimate of drug-likeness (QED) is 0.416. The fourth-order valence-corrected chi connectivity index (χ4v) is 0. The summed E-state index contributed by atoms with van der Waals surface area (Å²) in [5.41, 5.74) is -3.75. The Morgan fingerprint density at radius 2 is 0.296 bits per heavy atom. The summed E-state index contributed by atoms with van der Waals surface area (Å²) in [4.78, 5) is 0. The summed E-state index contributed by atoms with van der Waals surface area (Å²) in [6.45, 7) is 24.5. The molecule has 0 saturated carbocycles. The minimum absolute atomic E-state index is 0. The zero-order valence-corrected chi connectivity index (χ0v) is 24.2. The third kappa shape index (κ3) is 8600. The van der Waals surface area contributed by atoms with Gasteiger partial charge in [-0.1, -0.05) is 104 Å². The zero-order chi connectivity index (χ0) is 22.5. The van der Waals surface area contributed by atoms with Crippen LogP contribution in [-0.2, 0) is 0 Å². The van der Waals surface area contributed by atoms with Gasteiger partial charge in [0.05, 0.1) is 0 Å². The van der Waals surface area contributed by atoms with Crippen LogP contribution in [0.15, 0.2) is 0 Å². The normalized spacial score (nSPS) is 11.1. The van der Waals surface area contributed by atoms with Gasteiger partial charge in [-0.05, 0) is 0 Å². The summed E-state index contributed by atoms with van der Waals surface area (Å²) in [7, 11) is 0. The average Bonchev–Trinajstić information content (AvgIpc) is 1.79. The molecule has 6 heteroatoms. The molecule has 0 aliphatic heterocycles. The van der Waals surface area contributed by atoms with Gasteiger partial charge < -0.3 is 25.5 Å². The maximum atomic E-state index is 10.1. The molecule has 0 aliphatic rings. The molecule has 0 bridgehead atoms. The first kappa shape index (κ1) is 46.6. The maximum absolute atomic E-state index is 10.1. The van der Waals surface area contributed by atoms with E-state index < -0.39 is 28.0 Å². The molecule has 0 aromatic heterocycles.